The first-order valence-electron chi connectivity index (χ1n) is 5.86. The summed E-state index contributed by atoms with van der Waals surface area (Å²) in [5.41, 5.74) is 0.0306. The molecule has 3 nitrogen and oxygen atoms in total. The molecule has 102 valence electrons. The van der Waals surface area contributed by atoms with Gasteiger partial charge in [-0.25, -0.2) is 0 Å². The van der Waals surface area contributed by atoms with Crippen molar-refractivity contribution in [3.63, 3.8) is 0 Å². The minimum Gasteiger partial charge on any atom is -0.455 e. The van der Waals surface area contributed by atoms with E-state index in [1.165, 1.54) is 13.8 Å². The smallest absolute Gasteiger partial charge is 0.303 e. The molecular formula is C13H18Cl2O3. The molecule has 0 radical (unpaired) electrons. The topological polar surface area (TPSA) is 43.4 Å². The lowest BCUT2D eigenvalue weighted by Gasteiger charge is -2.14. The van der Waals surface area contributed by atoms with Crippen LogP contribution in [0.2, 0.25) is 0 Å². The van der Waals surface area contributed by atoms with Crippen LogP contribution in [0.15, 0.2) is 10.6 Å². The number of halogens is 2. The van der Waals surface area contributed by atoms with Crippen LogP contribution in [0.3, 0.4) is 0 Å². The molecule has 3 atom stereocenters. The van der Waals surface area contributed by atoms with E-state index >= 15 is 0 Å². The van der Waals surface area contributed by atoms with Crippen molar-refractivity contribution in [2.45, 2.75) is 40.2 Å². The maximum atomic E-state index is 11.4. The third kappa shape index (κ3) is 3.72. The predicted octanol–water partition coefficient (Wildman–Crippen LogP) is 3.49. The second-order valence-electron chi connectivity index (χ2n) is 5.35. The fourth-order valence-corrected chi connectivity index (χ4v) is 2.70. The number of carbonyl (C=O) groups is 2. The first-order chi connectivity index (χ1) is 8.16. The molecule has 1 saturated carbocycles. The van der Waals surface area contributed by atoms with Crippen LogP contribution in [0.25, 0.3) is 0 Å². The van der Waals surface area contributed by atoms with Gasteiger partial charge in [0.25, 0.3) is 0 Å². The molecule has 5 heteroatoms. The zero-order valence-corrected chi connectivity index (χ0v) is 12.5. The zero-order chi connectivity index (χ0) is 14.1. The number of esters is 1. The Labute approximate surface area is 117 Å². The Balaban J connectivity index is 2.69. The highest BCUT2D eigenvalue weighted by Crippen LogP contribution is 2.61. The molecule has 1 unspecified atom stereocenters. The summed E-state index contributed by atoms with van der Waals surface area (Å²) < 4.78 is 5.27. The standard InChI is InChI=1S/C13H18Cl2O3/c1-7(16)11(18-8(2)17)5-9-10(6-12(14)15)13(9,3)4/h6,9-11H,5H2,1-4H3/t9-,10-,11?/m1/s1. The van der Waals surface area contributed by atoms with Gasteiger partial charge >= 0.3 is 5.97 Å². The van der Waals surface area contributed by atoms with Crippen molar-refractivity contribution < 1.29 is 14.3 Å². The maximum Gasteiger partial charge on any atom is 0.303 e. The largest absolute Gasteiger partial charge is 0.455 e. The van der Waals surface area contributed by atoms with Gasteiger partial charge in [0.15, 0.2) is 11.9 Å². The van der Waals surface area contributed by atoms with Crippen LogP contribution >= 0.6 is 23.2 Å². The van der Waals surface area contributed by atoms with Crippen molar-refractivity contribution in [1.82, 2.24) is 0 Å². The molecule has 0 amide bonds. The molecule has 0 spiro atoms. The van der Waals surface area contributed by atoms with Gasteiger partial charge in [-0.15, -0.1) is 0 Å². The Hall–Kier alpha value is -0.540. The highest BCUT2D eigenvalue weighted by Gasteiger charge is 2.57. The van der Waals surface area contributed by atoms with Crippen LogP contribution in [0, 0.1) is 17.3 Å². The SMILES string of the molecule is CC(=O)OC(C[C@@H]1[C@@H](C=C(Cl)Cl)C1(C)C)C(C)=O. The molecule has 0 heterocycles. The summed E-state index contributed by atoms with van der Waals surface area (Å²) in [6, 6.07) is 0. The van der Waals surface area contributed by atoms with Gasteiger partial charge < -0.3 is 4.74 Å². The minimum atomic E-state index is -0.667. The first-order valence-corrected chi connectivity index (χ1v) is 6.62. The maximum absolute atomic E-state index is 11.4. The van der Waals surface area contributed by atoms with E-state index in [4.69, 9.17) is 27.9 Å². The van der Waals surface area contributed by atoms with Gasteiger partial charge in [0.05, 0.1) is 0 Å². The van der Waals surface area contributed by atoms with E-state index in [-0.39, 0.29) is 27.5 Å². The Morgan fingerprint density at radius 3 is 2.28 bits per heavy atom. The molecular weight excluding hydrogens is 275 g/mol. The van der Waals surface area contributed by atoms with Crippen molar-refractivity contribution in [2.75, 3.05) is 0 Å². The quantitative estimate of drug-likeness (QED) is 0.729. The van der Waals surface area contributed by atoms with Crippen molar-refractivity contribution in [3.8, 4) is 0 Å². The van der Waals surface area contributed by atoms with E-state index in [1.807, 2.05) is 0 Å². The number of ketones is 1. The van der Waals surface area contributed by atoms with Crippen molar-refractivity contribution in [1.29, 1.82) is 0 Å². The van der Waals surface area contributed by atoms with Crippen LogP contribution in [-0.2, 0) is 14.3 Å². The fraction of sp³-hybridized carbons (Fsp3) is 0.692. The zero-order valence-electron chi connectivity index (χ0n) is 11.0. The minimum absolute atomic E-state index is 0.0306. The first kappa shape index (κ1) is 15.5. The van der Waals surface area contributed by atoms with Crippen molar-refractivity contribution >= 4 is 35.0 Å². The van der Waals surface area contributed by atoms with Gasteiger partial charge in [0.2, 0.25) is 0 Å². The third-order valence-electron chi connectivity index (χ3n) is 3.67. The summed E-state index contributed by atoms with van der Waals surface area (Å²) in [6.07, 6.45) is 1.64. The summed E-state index contributed by atoms with van der Waals surface area (Å²) in [5, 5.41) is 0. The third-order valence-corrected chi connectivity index (χ3v) is 3.93. The van der Waals surface area contributed by atoms with Crippen LogP contribution < -0.4 is 0 Å². The molecule has 18 heavy (non-hydrogen) atoms. The fourth-order valence-electron chi connectivity index (χ4n) is 2.43. The summed E-state index contributed by atoms with van der Waals surface area (Å²) in [4.78, 5) is 22.4. The predicted molar refractivity (Wildman–Crippen MR) is 71.4 cm³/mol. The van der Waals surface area contributed by atoms with Crippen LogP contribution in [-0.4, -0.2) is 17.9 Å². The number of ether oxygens (including phenoxy) is 1. The summed E-state index contributed by atoms with van der Waals surface area (Å²) >= 11 is 11.3. The molecule has 1 fully saturated rings. The summed E-state index contributed by atoms with van der Waals surface area (Å²) in [6.45, 7) is 6.91. The molecule has 1 rings (SSSR count). The van der Waals surface area contributed by atoms with Gasteiger partial charge in [-0.1, -0.05) is 43.1 Å². The second-order valence-corrected chi connectivity index (χ2v) is 6.36. The molecule has 1 aliphatic carbocycles. The summed E-state index contributed by atoms with van der Waals surface area (Å²) in [7, 11) is 0. The lowest BCUT2D eigenvalue weighted by molar-refractivity contribution is -0.153. The Kier molecular flexibility index (Phi) is 4.84. The molecule has 0 aliphatic heterocycles. The van der Waals surface area contributed by atoms with E-state index in [0.717, 1.165) is 0 Å². The summed E-state index contributed by atoms with van der Waals surface area (Å²) in [5.74, 6) is -0.0955. The average molecular weight is 293 g/mol. The normalized spacial score (nSPS) is 26.1. The van der Waals surface area contributed by atoms with E-state index in [0.29, 0.717) is 6.42 Å². The van der Waals surface area contributed by atoms with E-state index in [1.54, 1.807) is 6.08 Å². The van der Waals surface area contributed by atoms with E-state index < -0.39 is 12.1 Å². The van der Waals surface area contributed by atoms with Gasteiger partial charge in [-0.2, -0.15) is 0 Å². The molecule has 0 saturated heterocycles. The molecule has 0 bridgehead atoms. The van der Waals surface area contributed by atoms with Crippen molar-refractivity contribution in [3.05, 3.63) is 10.6 Å². The van der Waals surface area contributed by atoms with Gasteiger partial charge in [-0.3, -0.25) is 9.59 Å². The molecule has 0 N–H and O–H groups in total. The Morgan fingerprint density at radius 2 is 1.89 bits per heavy atom. The lowest BCUT2D eigenvalue weighted by Crippen LogP contribution is -2.25. The van der Waals surface area contributed by atoms with E-state index in [2.05, 4.69) is 13.8 Å². The average Bonchev–Trinajstić information content (AvgIpc) is 2.66. The molecule has 0 aromatic rings. The van der Waals surface area contributed by atoms with Crippen LogP contribution in [0.4, 0.5) is 0 Å². The number of allylic oxidation sites excluding steroid dienone is 1. The van der Waals surface area contributed by atoms with E-state index in [9.17, 15) is 9.59 Å². The van der Waals surface area contributed by atoms with Gasteiger partial charge in [-0.05, 0) is 30.6 Å². The monoisotopic (exact) mass is 292 g/mol. The number of hydrogen-bond donors (Lipinski definition) is 0. The van der Waals surface area contributed by atoms with Gasteiger partial charge in [0.1, 0.15) is 4.49 Å². The number of rotatable bonds is 5. The highest BCUT2D eigenvalue weighted by atomic mass is 35.5. The number of Topliss-reactive ketones (excluding diaryl/α,β-unsaturated/α-hetero) is 1. The highest BCUT2D eigenvalue weighted by molar-refractivity contribution is 6.55. The lowest BCUT2D eigenvalue weighted by atomic mass is 10.0. The van der Waals surface area contributed by atoms with Crippen molar-refractivity contribution in [2.24, 2.45) is 17.3 Å². The Bertz CT molecular complexity index is 384. The Morgan fingerprint density at radius 1 is 1.33 bits per heavy atom. The molecule has 0 aromatic heterocycles. The molecule has 1 aliphatic rings. The van der Waals surface area contributed by atoms with Crippen LogP contribution in [0.1, 0.15) is 34.1 Å². The second kappa shape index (κ2) is 5.62. The van der Waals surface area contributed by atoms with Gasteiger partial charge in [0, 0.05) is 6.92 Å². The molecule has 0 aromatic carbocycles. The number of hydrogen-bond acceptors (Lipinski definition) is 3. The van der Waals surface area contributed by atoms with Crippen LogP contribution in [0.5, 0.6) is 0 Å². The number of carbonyl (C=O) groups excluding carboxylic acids is 2.